The van der Waals surface area contributed by atoms with E-state index in [1.54, 1.807) is 42.5 Å². The molecule has 0 radical (unpaired) electrons. The minimum atomic E-state index is -3.64. The molecule has 4 rings (SSSR count). The second-order valence-electron chi connectivity index (χ2n) is 10.9. The first-order valence-electron chi connectivity index (χ1n) is 14.6. The van der Waals surface area contributed by atoms with E-state index in [4.69, 9.17) is 4.74 Å². The third-order valence-electron chi connectivity index (χ3n) is 7.78. The Bertz CT molecular complexity index is 1460. The van der Waals surface area contributed by atoms with Crippen molar-refractivity contribution in [3.05, 3.63) is 95.8 Å². The first-order chi connectivity index (χ1) is 20.7. The molecule has 3 aromatic rings. The smallest absolute Gasteiger partial charge is 0.243 e. The van der Waals surface area contributed by atoms with E-state index in [1.807, 2.05) is 30.3 Å². The van der Waals surface area contributed by atoms with Crippen molar-refractivity contribution in [3.63, 3.8) is 0 Å². The number of sulfonamides is 1. The highest BCUT2D eigenvalue weighted by Gasteiger charge is 2.32. The Morgan fingerprint density at radius 1 is 0.977 bits per heavy atom. The van der Waals surface area contributed by atoms with Crippen LogP contribution >= 0.6 is 0 Å². The molecule has 230 valence electrons. The van der Waals surface area contributed by atoms with Crippen LogP contribution in [0.15, 0.2) is 78.9 Å². The SMILES string of the molecule is COc1ccc(N(CCCC(=O)N(Cc2ccccc2F)[C@H](Cc2ccccc2)C(=O)NC2CCCC2)S(C)(=O)=O)cc1. The quantitative estimate of drug-likeness (QED) is 0.275. The summed E-state index contributed by atoms with van der Waals surface area (Å²) in [6.07, 6.45) is 5.41. The summed E-state index contributed by atoms with van der Waals surface area (Å²) in [7, 11) is -2.11. The average Bonchev–Trinajstić information content (AvgIpc) is 3.51. The molecule has 0 heterocycles. The molecule has 0 spiro atoms. The first kappa shape index (κ1) is 32.0. The van der Waals surface area contributed by atoms with Gasteiger partial charge >= 0.3 is 0 Å². The molecule has 0 unspecified atom stereocenters. The highest BCUT2D eigenvalue weighted by atomic mass is 32.2. The van der Waals surface area contributed by atoms with Crippen LogP contribution in [-0.2, 0) is 32.6 Å². The van der Waals surface area contributed by atoms with E-state index in [0.29, 0.717) is 17.0 Å². The predicted molar refractivity (Wildman–Crippen MR) is 166 cm³/mol. The molecule has 1 fully saturated rings. The molecule has 0 saturated heterocycles. The second-order valence-corrected chi connectivity index (χ2v) is 12.9. The van der Waals surface area contributed by atoms with Gasteiger partial charge in [0.25, 0.3) is 0 Å². The maximum atomic E-state index is 14.8. The lowest BCUT2D eigenvalue weighted by molar-refractivity contribution is -0.141. The first-order valence-corrected chi connectivity index (χ1v) is 16.5. The Labute approximate surface area is 253 Å². The molecular formula is C33H40FN3O5S. The third-order valence-corrected chi connectivity index (χ3v) is 8.98. The molecule has 1 N–H and O–H groups in total. The summed E-state index contributed by atoms with van der Waals surface area (Å²) in [5.41, 5.74) is 1.64. The maximum absolute atomic E-state index is 14.8. The topological polar surface area (TPSA) is 96.0 Å². The van der Waals surface area contributed by atoms with Gasteiger partial charge in [0.05, 0.1) is 19.1 Å². The van der Waals surface area contributed by atoms with Gasteiger partial charge in [-0.25, -0.2) is 12.8 Å². The normalized spacial score (nSPS) is 14.2. The lowest BCUT2D eigenvalue weighted by Crippen LogP contribution is -2.52. The number of nitrogens with one attached hydrogen (secondary N) is 1. The number of carbonyl (C=O) groups excluding carboxylic acids is 2. The van der Waals surface area contributed by atoms with Gasteiger partial charge < -0.3 is 15.0 Å². The number of nitrogens with zero attached hydrogens (tertiary/aromatic N) is 2. The van der Waals surface area contributed by atoms with Crippen molar-refractivity contribution >= 4 is 27.5 Å². The van der Waals surface area contributed by atoms with Gasteiger partial charge in [0.15, 0.2) is 0 Å². The molecule has 1 aliphatic rings. The van der Waals surface area contributed by atoms with Gasteiger partial charge in [-0.15, -0.1) is 0 Å². The molecule has 3 aromatic carbocycles. The maximum Gasteiger partial charge on any atom is 0.243 e. The Hall–Kier alpha value is -3.92. The summed E-state index contributed by atoms with van der Waals surface area (Å²) in [5, 5.41) is 3.14. The summed E-state index contributed by atoms with van der Waals surface area (Å²) in [5.74, 6) is -0.486. The molecule has 1 aliphatic carbocycles. The second kappa shape index (κ2) is 15.0. The van der Waals surface area contributed by atoms with E-state index in [9.17, 15) is 22.4 Å². The van der Waals surface area contributed by atoms with Gasteiger partial charge in [-0.05, 0) is 55.2 Å². The number of amides is 2. The average molecular weight is 610 g/mol. The van der Waals surface area contributed by atoms with Gasteiger partial charge in [0.1, 0.15) is 17.6 Å². The summed E-state index contributed by atoms with van der Waals surface area (Å²) in [6, 6.07) is 21.5. The summed E-state index contributed by atoms with van der Waals surface area (Å²) in [4.78, 5) is 29.2. The van der Waals surface area contributed by atoms with Crippen LogP contribution in [0.4, 0.5) is 10.1 Å². The number of ether oxygens (including phenoxy) is 1. The minimum absolute atomic E-state index is 0.0291. The van der Waals surface area contributed by atoms with Crippen molar-refractivity contribution in [3.8, 4) is 5.75 Å². The monoisotopic (exact) mass is 609 g/mol. The van der Waals surface area contributed by atoms with Crippen LogP contribution < -0.4 is 14.4 Å². The Balaban J connectivity index is 1.58. The summed E-state index contributed by atoms with van der Waals surface area (Å²) < 4.78 is 46.6. The Morgan fingerprint density at radius 2 is 1.63 bits per heavy atom. The van der Waals surface area contributed by atoms with Gasteiger partial charge in [-0.2, -0.15) is 0 Å². The number of carbonyl (C=O) groups is 2. The van der Waals surface area contributed by atoms with E-state index in [-0.39, 0.29) is 50.2 Å². The number of hydrogen-bond acceptors (Lipinski definition) is 5. The highest BCUT2D eigenvalue weighted by Crippen LogP contribution is 2.24. The lowest BCUT2D eigenvalue weighted by atomic mass is 10.0. The van der Waals surface area contributed by atoms with Crippen LogP contribution in [-0.4, -0.2) is 57.1 Å². The van der Waals surface area contributed by atoms with Gasteiger partial charge in [-0.1, -0.05) is 61.4 Å². The van der Waals surface area contributed by atoms with Crippen molar-refractivity contribution in [1.82, 2.24) is 10.2 Å². The number of hydrogen-bond donors (Lipinski definition) is 1. The fourth-order valence-electron chi connectivity index (χ4n) is 5.48. The molecule has 1 saturated carbocycles. The van der Waals surface area contributed by atoms with E-state index >= 15 is 0 Å². The fraction of sp³-hybridized carbons (Fsp3) is 0.394. The van der Waals surface area contributed by atoms with Crippen molar-refractivity contribution in [2.75, 3.05) is 24.2 Å². The Kier molecular flexibility index (Phi) is 11.2. The number of halogens is 1. The van der Waals surface area contributed by atoms with Crippen molar-refractivity contribution in [2.45, 2.75) is 63.6 Å². The van der Waals surface area contributed by atoms with Crippen LogP contribution in [0.1, 0.15) is 49.7 Å². The molecule has 0 aromatic heterocycles. The molecule has 10 heteroatoms. The molecular weight excluding hydrogens is 569 g/mol. The molecule has 2 amide bonds. The summed E-state index contributed by atoms with van der Waals surface area (Å²) >= 11 is 0. The number of benzene rings is 3. The highest BCUT2D eigenvalue weighted by molar-refractivity contribution is 7.92. The van der Waals surface area contributed by atoms with E-state index in [0.717, 1.165) is 37.5 Å². The van der Waals surface area contributed by atoms with E-state index in [2.05, 4.69) is 5.32 Å². The van der Waals surface area contributed by atoms with Gasteiger partial charge in [0, 0.05) is 37.5 Å². The van der Waals surface area contributed by atoms with Crippen LogP contribution in [0, 0.1) is 5.82 Å². The number of methoxy groups -OCH3 is 1. The molecule has 0 aliphatic heterocycles. The van der Waals surface area contributed by atoms with E-state index in [1.165, 1.54) is 22.4 Å². The number of anilines is 1. The van der Waals surface area contributed by atoms with Crippen LogP contribution in [0.5, 0.6) is 5.75 Å². The van der Waals surface area contributed by atoms with E-state index < -0.39 is 21.9 Å². The van der Waals surface area contributed by atoms with Crippen LogP contribution in [0.25, 0.3) is 0 Å². The molecule has 8 nitrogen and oxygen atoms in total. The van der Waals surface area contributed by atoms with Gasteiger partial charge in [0.2, 0.25) is 21.8 Å². The molecule has 0 bridgehead atoms. The number of rotatable bonds is 14. The zero-order chi connectivity index (χ0) is 30.8. The fourth-order valence-corrected chi connectivity index (χ4v) is 6.45. The zero-order valence-electron chi connectivity index (χ0n) is 24.7. The molecule has 43 heavy (non-hydrogen) atoms. The lowest BCUT2D eigenvalue weighted by Gasteiger charge is -2.33. The Morgan fingerprint density at radius 3 is 2.26 bits per heavy atom. The van der Waals surface area contributed by atoms with Gasteiger partial charge in [-0.3, -0.25) is 13.9 Å². The predicted octanol–water partition coefficient (Wildman–Crippen LogP) is 5.08. The van der Waals surface area contributed by atoms with Crippen molar-refractivity contribution in [2.24, 2.45) is 0 Å². The van der Waals surface area contributed by atoms with Crippen LogP contribution in [0.3, 0.4) is 0 Å². The summed E-state index contributed by atoms with van der Waals surface area (Å²) in [6.45, 7) is -0.0303. The van der Waals surface area contributed by atoms with Crippen molar-refractivity contribution in [1.29, 1.82) is 0 Å². The standard InChI is InChI=1S/C33H40FN3O5S/c1-42-29-20-18-28(19-21-29)37(43(2,40)41)22-10-17-32(38)36(24-26-13-6-9-16-30(26)34)31(23-25-11-4-3-5-12-25)33(39)35-27-14-7-8-15-27/h3-6,9,11-13,16,18-21,27,31H,7-8,10,14-15,17,22-24H2,1-2H3,(H,35,39)/t31-/m1/s1. The zero-order valence-corrected chi connectivity index (χ0v) is 25.6. The van der Waals surface area contributed by atoms with Crippen molar-refractivity contribution < 1.29 is 27.1 Å². The van der Waals surface area contributed by atoms with Crippen LogP contribution in [0.2, 0.25) is 0 Å². The molecule has 1 atom stereocenters. The third kappa shape index (κ3) is 9.03. The minimum Gasteiger partial charge on any atom is -0.497 e. The largest absolute Gasteiger partial charge is 0.497 e.